The van der Waals surface area contributed by atoms with Gasteiger partial charge in [0.05, 0.1) is 0 Å². The van der Waals surface area contributed by atoms with Gasteiger partial charge in [-0.05, 0) is 24.0 Å². The Bertz CT molecular complexity index is 365. The minimum Gasteiger partial charge on any atom is -0.326 e. The molecule has 0 aliphatic carbocycles. The maximum atomic E-state index is 5.79. The monoisotopic (exact) mass is 339 g/mol. The predicted octanol–water partition coefficient (Wildman–Crippen LogP) is 6.81. The fourth-order valence-corrected chi connectivity index (χ4v) is 3.16. The van der Waals surface area contributed by atoms with Gasteiger partial charge in [-0.1, -0.05) is 102 Å². The summed E-state index contributed by atoms with van der Waals surface area (Å²) >= 11 is 0. The number of hydrogen-bond acceptors (Lipinski definition) is 1. The molecule has 1 nitrogen and oxygen atoms in total. The highest BCUT2D eigenvalue weighted by atomic mass is 35.5. The van der Waals surface area contributed by atoms with Crippen molar-refractivity contribution in [2.24, 2.45) is 5.73 Å². The van der Waals surface area contributed by atoms with Gasteiger partial charge in [0.1, 0.15) is 0 Å². The number of aryl methyl sites for hydroxylation is 1. The molecular weight excluding hydrogens is 302 g/mol. The van der Waals surface area contributed by atoms with E-state index in [-0.39, 0.29) is 12.4 Å². The van der Waals surface area contributed by atoms with Crippen LogP contribution in [-0.2, 0) is 13.0 Å². The van der Waals surface area contributed by atoms with Crippen LogP contribution in [0.1, 0.15) is 95.1 Å². The molecule has 0 aliphatic rings. The molecule has 0 amide bonds. The van der Waals surface area contributed by atoms with Gasteiger partial charge in [0.25, 0.3) is 0 Å². The Morgan fingerprint density at radius 1 is 0.652 bits per heavy atom. The number of hydrogen-bond donors (Lipinski definition) is 1. The minimum atomic E-state index is 0. The molecule has 0 radical (unpaired) electrons. The Labute approximate surface area is 150 Å². The topological polar surface area (TPSA) is 26.0 Å². The predicted molar refractivity (Wildman–Crippen MR) is 106 cm³/mol. The standard InChI is InChI=1S/C21H37N.ClH/c1-2-3-4-5-6-7-8-9-10-11-12-13-16-20-17-14-15-18-21(20)19-22;/h14-15,17-18H,2-13,16,19,22H2,1H3;1H. The van der Waals surface area contributed by atoms with Crippen molar-refractivity contribution in [2.45, 2.75) is 96.9 Å². The average molecular weight is 340 g/mol. The summed E-state index contributed by atoms with van der Waals surface area (Å²) in [6.07, 6.45) is 18.2. The first-order valence-electron chi connectivity index (χ1n) is 9.65. The SMILES string of the molecule is CCCCCCCCCCCCCCc1ccccc1CN.Cl. The van der Waals surface area contributed by atoms with Crippen LogP contribution in [0.15, 0.2) is 24.3 Å². The highest BCUT2D eigenvalue weighted by Gasteiger charge is 1.99. The Morgan fingerprint density at radius 2 is 1.09 bits per heavy atom. The zero-order chi connectivity index (χ0) is 15.9. The summed E-state index contributed by atoms with van der Waals surface area (Å²) in [6, 6.07) is 8.62. The maximum Gasteiger partial charge on any atom is 0.0180 e. The molecule has 1 aromatic rings. The molecule has 0 fully saturated rings. The van der Waals surface area contributed by atoms with Gasteiger partial charge in [0, 0.05) is 6.54 Å². The third-order valence-corrected chi connectivity index (χ3v) is 4.64. The highest BCUT2D eigenvalue weighted by molar-refractivity contribution is 5.85. The Kier molecular flexibility index (Phi) is 16.0. The van der Waals surface area contributed by atoms with Gasteiger partial charge in [-0.25, -0.2) is 0 Å². The van der Waals surface area contributed by atoms with E-state index >= 15 is 0 Å². The smallest absolute Gasteiger partial charge is 0.0180 e. The van der Waals surface area contributed by atoms with Crippen LogP contribution >= 0.6 is 12.4 Å². The molecule has 0 aromatic heterocycles. The molecule has 1 aromatic carbocycles. The zero-order valence-corrected chi connectivity index (χ0v) is 16.0. The van der Waals surface area contributed by atoms with E-state index < -0.39 is 0 Å². The van der Waals surface area contributed by atoms with Crippen LogP contribution in [0.4, 0.5) is 0 Å². The zero-order valence-electron chi connectivity index (χ0n) is 15.2. The Morgan fingerprint density at radius 3 is 1.57 bits per heavy atom. The van der Waals surface area contributed by atoms with Gasteiger partial charge in [-0.2, -0.15) is 0 Å². The van der Waals surface area contributed by atoms with Crippen molar-refractivity contribution in [3.05, 3.63) is 35.4 Å². The van der Waals surface area contributed by atoms with E-state index in [9.17, 15) is 0 Å². The number of rotatable bonds is 14. The summed E-state index contributed by atoms with van der Waals surface area (Å²) in [5, 5.41) is 0. The van der Waals surface area contributed by atoms with Crippen molar-refractivity contribution in [1.82, 2.24) is 0 Å². The molecule has 0 bridgehead atoms. The molecular formula is C21H38ClN. The van der Waals surface area contributed by atoms with Crippen LogP contribution in [0.2, 0.25) is 0 Å². The molecule has 0 saturated carbocycles. The third-order valence-electron chi connectivity index (χ3n) is 4.64. The van der Waals surface area contributed by atoms with Gasteiger partial charge < -0.3 is 5.73 Å². The second kappa shape index (κ2) is 16.3. The van der Waals surface area contributed by atoms with Gasteiger partial charge in [0.2, 0.25) is 0 Å². The molecule has 2 N–H and O–H groups in total. The van der Waals surface area contributed by atoms with Crippen LogP contribution in [-0.4, -0.2) is 0 Å². The Hall–Kier alpha value is -0.530. The average Bonchev–Trinajstić information content (AvgIpc) is 2.56. The fourth-order valence-electron chi connectivity index (χ4n) is 3.16. The summed E-state index contributed by atoms with van der Waals surface area (Å²) in [7, 11) is 0. The summed E-state index contributed by atoms with van der Waals surface area (Å²) in [5.74, 6) is 0. The van der Waals surface area contributed by atoms with E-state index in [0.29, 0.717) is 6.54 Å². The molecule has 0 saturated heterocycles. The molecule has 0 spiro atoms. The lowest BCUT2D eigenvalue weighted by Crippen LogP contribution is -2.01. The number of halogens is 1. The van der Waals surface area contributed by atoms with Crippen molar-refractivity contribution in [2.75, 3.05) is 0 Å². The van der Waals surface area contributed by atoms with Crippen LogP contribution in [0, 0.1) is 0 Å². The Balaban J connectivity index is 0.00000484. The minimum absolute atomic E-state index is 0. The van der Waals surface area contributed by atoms with E-state index in [1.54, 1.807) is 0 Å². The molecule has 134 valence electrons. The summed E-state index contributed by atoms with van der Waals surface area (Å²) in [5.41, 5.74) is 8.57. The number of benzene rings is 1. The first kappa shape index (κ1) is 22.5. The molecule has 1 rings (SSSR count). The number of unbranched alkanes of at least 4 members (excludes halogenated alkanes) is 11. The molecule has 2 heteroatoms. The van der Waals surface area contributed by atoms with Crippen molar-refractivity contribution >= 4 is 12.4 Å². The third kappa shape index (κ3) is 11.6. The van der Waals surface area contributed by atoms with E-state index in [4.69, 9.17) is 5.73 Å². The van der Waals surface area contributed by atoms with Crippen molar-refractivity contribution in [3.8, 4) is 0 Å². The largest absolute Gasteiger partial charge is 0.326 e. The molecule has 0 unspecified atom stereocenters. The lowest BCUT2D eigenvalue weighted by molar-refractivity contribution is 0.544. The summed E-state index contributed by atoms with van der Waals surface area (Å²) < 4.78 is 0. The van der Waals surface area contributed by atoms with E-state index in [2.05, 4.69) is 31.2 Å². The molecule has 0 atom stereocenters. The summed E-state index contributed by atoms with van der Waals surface area (Å²) in [6.45, 7) is 2.96. The van der Waals surface area contributed by atoms with Gasteiger partial charge >= 0.3 is 0 Å². The molecule has 0 heterocycles. The van der Waals surface area contributed by atoms with Crippen LogP contribution in [0.25, 0.3) is 0 Å². The van der Waals surface area contributed by atoms with Crippen molar-refractivity contribution in [1.29, 1.82) is 0 Å². The van der Waals surface area contributed by atoms with E-state index in [1.165, 1.54) is 94.6 Å². The lowest BCUT2D eigenvalue weighted by atomic mass is 10.00. The quantitative estimate of drug-likeness (QED) is 0.370. The fraction of sp³-hybridized carbons (Fsp3) is 0.714. The second-order valence-corrected chi connectivity index (χ2v) is 6.61. The van der Waals surface area contributed by atoms with Crippen molar-refractivity contribution in [3.63, 3.8) is 0 Å². The molecule has 23 heavy (non-hydrogen) atoms. The van der Waals surface area contributed by atoms with Gasteiger partial charge in [-0.3, -0.25) is 0 Å². The van der Waals surface area contributed by atoms with E-state index in [1.807, 2.05) is 0 Å². The van der Waals surface area contributed by atoms with Crippen LogP contribution in [0.5, 0.6) is 0 Å². The lowest BCUT2D eigenvalue weighted by Gasteiger charge is -2.07. The maximum absolute atomic E-state index is 5.79. The summed E-state index contributed by atoms with van der Waals surface area (Å²) in [4.78, 5) is 0. The first-order valence-corrected chi connectivity index (χ1v) is 9.65. The van der Waals surface area contributed by atoms with Gasteiger partial charge in [0.15, 0.2) is 0 Å². The van der Waals surface area contributed by atoms with Crippen molar-refractivity contribution < 1.29 is 0 Å². The van der Waals surface area contributed by atoms with Gasteiger partial charge in [-0.15, -0.1) is 12.4 Å². The van der Waals surface area contributed by atoms with Crippen LogP contribution in [0.3, 0.4) is 0 Å². The normalized spacial score (nSPS) is 10.5. The second-order valence-electron chi connectivity index (χ2n) is 6.61. The highest BCUT2D eigenvalue weighted by Crippen LogP contribution is 2.15. The first-order chi connectivity index (χ1) is 10.9. The number of nitrogens with two attached hydrogens (primary N) is 1. The van der Waals surface area contributed by atoms with Crippen LogP contribution < -0.4 is 5.73 Å². The van der Waals surface area contributed by atoms with E-state index in [0.717, 1.165) is 0 Å². The molecule has 0 aliphatic heterocycles.